The fraction of sp³-hybridized carbons (Fsp3) is 0.588. The van der Waals surface area contributed by atoms with E-state index in [1.165, 1.54) is 0 Å². The minimum Gasteiger partial charge on any atom is -0.396 e. The normalized spacial score (nSPS) is 17.2. The molecule has 1 saturated carbocycles. The minimum atomic E-state index is -0.121. The van der Waals surface area contributed by atoms with Crippen LogP contribution < -0.4 is 5.32 Å². The maximum absolute atomic E-state index is 12.6. The second kappa shape index (κ2) is 5.92. The SMILES string of the molecule is CCC(C)n1ncc2c(C(=O)NCC3(CO)CC3)cc(C)nc21. The highest BCUT2D eigenvalue weighted by molar-refractivity contribution is 6.05. The predicted molar refractivity (Wildman–Crippen MR) is 88.4 cm³/mol. The van der Waals surface area contributed by atoms with Gasteiger partial charge in [0.15, 0.2) is 5.65 Å². The monoisotopic (exact) mass is 316 g/mol. The molecule has 1 unspecified atom stereocenters. The van der Waals surface area contributed by atoms with E-state index in [1.807, 2.05) is 11.6 Å². The molecule has 2 heterocycles. The number of fused-ring (bicyclic) bond motifs is 1. The molecule has 124 valence electrons. The van der Waals surface area contributed by atoms with E-state index in [-0.39, 0.29) is 24.0 Å². The molecule has 1 fully saturated rings. The number of carbonyl (C=O) groups is 1. The summed E-state index contributed by atoms with van der Waals surface area (Å²) in [6.45, 7) is 6.73. The Bertz CT molecular complexity index is 734. The molecule has 2 aromatic heterocycles. The molecule has 0 aliphatic heterocycles. The van der Waals surface area contributed by atoms with Gasteiger partial charge in [-0.15, -0.1) is 0 Å². The van der Waals surface area contributed by atoms with Crippen molar-refractivity contribution in [3.8, 4) is 0 Å². The zero-order chi connectivity index (χ0) is 16.6. The fourth-order valence-electron chi connectivity index (χ4n) is 2.76. The van der Waals surface area contributed by atoms with Crippen molar-refractivity contribution in [1.29, 1.82) is 0 Å². The Balaban J connectivity index is 1.91. The van der Waals surface area contributed by atoms with E-state index in [0.29, 0.717) is 12.1 Å². The molecule has 0 spiro atoms. The van der Waals surface area contributed by atoms with Gasteiger partial charge in [-0.25, -0.2) is 9.67 Å². The molecule has 1 atom stereocenters. The van der Waals surface area contributed by atoms with E-state index in [2.05, 4.69) is 29.2 Å². The van der Waals surface area contributed by atoms with E-state index in [0.717, 1.165) is 36.0 Å². The van der Waals surface area contributed by atoms with Gasteiger partial charge in [0.25, 0.3) is 5.91 Å². The van der Waals surface area contributed by atoms with Crippen LogP contribution >= 0.6 is 0 Å². The van der Waals surface area contributed by atoms with E-state index < -0.39 is 0 Å². The number of aliphatic hydroxyl groups is 1. The van der Waals surface area contributed by atoms with Crippen LogP contribution in [-0.4, -0.2) is 38.9 Å². The summed E-state index contributed by atoms with van der Waals surface area (Å²) in [5, 5.41) is 17.5. The first-order chi connectivity index (χ1) is 11.0. The van der Waals surface area contributed by atoms with Crippen LogP contribution in [0.3, 0.4) is 0 Å². The van der Waals surface area contributed by atoms with Gasteiger partial charge < -0.3 is 10.4 Å². The minimum absolute atomic E-state index is 0.0994. The standard InChI is InChI=1S/C17H24N4O2/c1-4-12(3)21-15-14(8-19-21)13(7-11(2)20-15)16(23)18-9-17(10-22)5-6-17/h7-8,12,22H,4-6,9-10H2,1-3H3,(H,18,23). The van der Waals surface area contributed by atoms with E-state index in [9.17, 15) is 9.90 Å². The van der Waals surface area contributed by atoms with Gasteiger partial charge in [0.2, 0.25) is 0 Å². The zero-order valence-corrected chi connectivity index (χ0v) is 14.0. The molecule has 2 N–H and O–H groups in total. The first-order valence-corrected chi connectivity index (χ1v) is 8.23. The summed E-state index contributed by atoms with van der Waals surface area (Å²) in [7, 11) is 0. The molecule has 0 radical (unpaired) electrons. The number of carbonyl (C=O) groups excluding carboxylic acids is 1. The van der Waals surface area contributed by atoms with Crippen molar-refractivity contribution >= 4 is 16.9 Å². The molecule has 0 aromatic carbocycles. The van der Waals surface area contributed by atoms with Crippen molar-refractivity contribution in [2.24, 2.45) is 5.41 Å². The Morgan fingerprint density at radius 1 is 1.52 bits per heavy atom. The first-order valence-electron chi connectivity index (χ1n) is 8.23. The third kappa shape index (κ3) is 2.95. The average Bonchev–Trinajstić information content (AvgIpc) is 3.22. The second-order valence-electron chi connectivity index (χ2n) is 6.74. The van der Waals surface area contributed by atoms with Crippen molar-refractivity contribution in [1.82, 2.24) is 20.1 Å². The summed E-state index contributed by atoms with van der Waals surface area (Å²) in [4.78, 5) is 17.2. The number of hydrogen-bond donors (Lipinski definition) is 2. The van der Waals surface area contributed by atoms with Crippen LogP contribution in [0.4, 0.5) is 0 Å². The highest BCUT2D eigenvalue weighted by Gasteiger charge is 2.42. The van der Waals surface area contributed by atoms with Crippen molar-refractivity contribution in [2.75, 3.05) is 13.2 Å². The number of nitrogens with zero attached hydrogens (tertiary/aromatic N) is 3. The summed E-state index contributed by atoms with van der Waals surface area (Å²) in [5.74, 6) is -0.121. The lowest BCUT2D eigenvalue weighted by atomic mass is 10.1. The first kappa shape index (κ1) is 15.9. The lowest BCUT2D eigenvalue weighted by Crippen LogP contribution is -2.32. The second-order valence-corrected chi connectivity index (χ2v) is 6.74. The largest absolute Gasteiger partial charge is 0.396 e. The van der Waals surface area contributed by atoms with E-state index >= 15 is 0 Å². The molecule has 1 aliphatic rings. The summed E-state index contributed by atoms with van der Waals surface area (Å²) in [6, 6.07) is 2.04. The highest BCUT2D eigenvalue weighted by Crippen LogP contribution is 2.44. The maximum Gasteiger partial charge on any atom is 0.252 e. The Labute approximate surface area is 135 Å². The summed E-state index contributed by atoms with van der Waals surface area (Å²) in [5.41, 5.74) is 2.07. The summed E-state index contributed by atoms with van der Waals surface area (Å²) in [6.07, 6.45) is 4.62. The van der Waals surface area contributed by atoms with Gasteiger partial charge in [-0.05, 0) is 39.2 Å². The number of aromatic nitrogens is 3. The third-order valence-electron chi connectivity index (χ3n) is 4.86. The highest BCUT2D eigenvalue weighted by atomic mass is 16.3. The molecule has 6 nitrogen and oxygen atoms in total. The van der Waals surface area contributed by atoms with Crippen molar-refractivity contribution in [3.05, 3.63) is 23.5 Å². The van der Waals surface area contributed by atoms with Gasteiger partial charge in [-0.1, -0.05) is 6.92 Å². The van der Waals surface area contributed by atoms with Crippen LogP contribution in [0.25, 0.3) is 11.0 Å². The number of amides is 1. The molecule has 23 heavy (non-hydrogen) atoms. The van der Waals surface area contributed by atoms with Crippen LogP contribution in [0.15, 0.2) is 12.3 Å². The number of aryl methyl sites for hydroxylation is 1. The van der Waals surface area contributed by atoms with E-state index in [4.69, 9.17) is 0 Å². The molecular formula is C17H24N4O2. The quantitative estimate of drug-likeness (QED) is 0.856. The Morgan fingerprint density at radius 2 is 2.26 bits per heavy atom. The average molecular weight is 316 g/mol. The predicted octanol–water partition coefficient (Wildman–Crippen LogP) is 2.21. The summed E-state index contributed by atoms with van der Waals surface area (Å²) < 4.78 is 1.88. The number of rotatable bonds is 6. The van der Waals surface area contributed by atoms with Crippen molar-refractivity contribution in [3.63, 3.8) is 0 Å². The van der Waals surface area contributed by atoms with Crippen LogP contribution in [-0.2, 0) is 0 Å². The van der Waals surface area contributed by atoms with Crippen LogP contribution in [0.2, 0.25) is 0 Å². The number of aliphatic hydroxyl groups excluding tert-OH is 1. The molecule has 3 rings (SSSR count). The van der Waals surface area contributed by atoms with Crippen LogP contribution in [0, 0.1) is 12.3 Å². The molecule has 1 aliphatic carbocycles. The van der Waals surface area contributed by atoms with Crippen LogP contribution in [0.5, 0.6) is 0 Å². The summed E-state index contributed by atoms with van der Waals surface area (Å²) >= 11 is 0. The molecule has 0 saturated heterocycles. The molecule has 0 bridgehead atoms. The van der Waals surface area contributed by atoms with Gasteiger partial charge >= 0.3 is 0 Å². The smallest absolute Gasteiger partial charge is 0.252 e. The van der Waals surface area contributed by atoms with Gasteiger partial charge in [-0.2, -0.15) is 5.10 Å². The van der Waals surface area contributed by atoms with Gasteiger partial charge in [0.1, 0.15) is 0 Å². The van der Waals surface area contributed by atoms with E-state index in [1.54, 1.807) is 12.3 Å². The van der Waals surface area contributed by atoms with Gasteiger partial charge in [0, 0.05) is 17.7 Å². The van der Waals surface area contributed by atoms with Gasteiger partial charge in [0.05, 0.1) is 29.8 Å². The third-order valence-corrected chi connectivity index (χ3v) is 4.86. The Morgan fingerprint density at radius 3 is 2.87 bits per heavy atom. The number of nitrogens with one attached hydrogen (secondary N) is 1. The van der Waals surface area contributed by atoms with Crippen molar-refractivity contribution in [2.45, 2.75) is 46.1 Å². The van der Waals surface area contributed by atoms with Gasteiger partial charge in [-0.3, -0.25) is 4.79 Å². The lowest BCUT2D eigenvalue weighted by molar-refractivity contribution is 0.0936. The molecular weight excluding hydrogens is 292 g/mol. The number of hydrogen-bond acceptors (Lipinski definition) is 4. The Kier molecular flexibility index (Phi) is 4.10. The number of pyridine rings is 1. The Hall–Kier alpha value is -1.95. The molecule has 1 amide bonds. The maximum atomic E-state index is 12.6. The molecule has 2 aromatic rings. The molecule has 6 heteroatoms. The lowest BCUT2D eigenvalue weighted by Gasteiger charge is -2.14. The topological polar surface area (TPSA) is 80.0 Å². The van der Waals surface area contributed by atoms with Crippen LogP contribution in [0.1, 0.15) is 55.2 Å². The fourth-order valence-corrected chi connectivity index (χ4v) is 2.76. The zero-order valence-electron chi connectivity index (χ0n) is 14.0. The van der Waals surface area contributed by atoms with Crippen molar-refractivity contribution < 1.29 is 9.90 Å².